The number of rotatable bonds is 21. The Balaban J connectivity index is -0.00000133. The topological polar surface area (TPSA) is 271 Å². The first-order valence-electron chi connectivity index (χ1n) is 36.4. The molecule has 0 aromatic heterocycles. The van der Waals surface area contributed by atoms with Crippen LogP contribution in [0.25, 0.3) is 5.70 Å². The van der Waals surface area contributed by atoms with Crippen LogP contribution < -0.4 is 167 Å². The summed E-state index contributed by atoms with van der Waals surface area (Å²) < 4.78 is 112. The van der Waals surface area contributed by atoms with Gasteiger partial charge in [0.25, 0.3) is 6.47 Å². The van der Waals surface area contributed by atoms with Crippen LogP contribution in [-0.2, 0) is 52.4 Å². The third-order valence-electron chi connectivity index (χ3n) is 16.4. The molecule has 0 spiro atoms. The van der Waals surface area contributed by atoms with Crippen molar-refractivity contribution in [2.75, 3.05) is 87.7 Å². The third kappa shape index (κ3) is 48.3. The van der Waals surface area contributed by atoms with Crippen LogP contribution in [0.15, 0.2) is 153 Å². The molecular weight excluding hydrogens is 1990 g/mol. The number of aromatic hydroxyl groups is 1. The summed E-state index contributed by atoms with van der Waals surface area (Å²) in [5, 5.41) is 17.2. The molecule has 0 aliphatic carbocycles. The molecule has 3 aliphatic heterocycles. The van der Waals surface area contributed by atoms with Gasteiger partial charge in [0.2, 0.25) is 5.88 Å². The molecule has 8 rings (SSSR count). The van der Waals surface area contributed by atoms with Gasteiger partial charge < -0.3 is 73.3 Å². The van der Waals surface area contributed by atoms with Crippen LogP contribution in [0.3, 0.4) is 0 Å². The number of alkyl halides is 4. The number of ketones is 2. The predicted molar refractivity (Wildman–Crippen MR) is 450 cm³/mol. The molecule has 5 atom stereocenters. The van der Waals surface area contributed by atoms with Gasteiger partial charge in [0, 0.05) is 50.2 Å². The van der Waals surface area contributed by atoms with Crippen LogP contribution in [-0.4, -0.2) is 209 Å². The van der Waals surface area contributed by atoms with Crippen LogP contribution in [0.5, 0.6) is 28.7 Å². The summed E-state index contributed by atoms with van der Waals surface area (Å²) in [7, 11) is 6.09. The van der Waals surface area contributed by atoms with Crippen molar-refractivity contribution in [2.45, 2.75) is 177 Å². The zero-order valence-electron chi connectivity index (χ0n) is 72.7. The molecule has 35 heteroatoms. The van der Waals surface area contributed by atoms with Gasteiger partial charge >= 0.3 is 173 Å². The fraction of sp³-hybridized carbons (Fsp3) is 0.519. The number of ether oxygens (including phenoxy) is 6. The maximum Gasteiger partial charge on any atom is 1.00 e. The summed E-state index contributed by atoms with van der Waals surface area (Å²) in [5.74, 6) is 3.39. The average molecular weight is 2110 g/mol. The fourth-order valence-electron chi connectivity index (χ4n) is 8.63. The van der Waals surface area contributed by atoms with Crippen molar-refractivity contribution in [3.05, 3.63) is 158 Å². The minimum atomic E-state index is -5.84. The van der Waals surface area contributed by atoms with Crippen LogP contribution in [0.2, 0.25) is 0 Å². The van der Waals surface area contributed by atoms with Crippen molar-refractivity contribution < 1.29 is 242 Å². The van der Waals surface area contributed by atoms with Crippen LogP contribution in [0.1, 0.15) is 138 Å². The number of nitrogens with zero attached hydrogens (tertiary/aromatic N) is 5. The molecule has 1 fully saturated rings. The molecule has 0 bridgehead atoms. The molecule has 5 aromatic carbocycles. The first-order valence-corrected chi connectivity index (χ1v) is 40.7. The van der Waals surface area contributed by atoms with Gasteiger partial charge in [-0.05, 0) is 261 Å². The molecule has 3 aliphatic rings. The zero-order chi connectivity index (χ0) is 87.3. The van der Waals surface area contributed by atoms with E-state index >= 15 is 0 Å². The first kappa shape index (κ1) is 115. The molecule has 0 saturated carbocycles. The maximum absolute atomic E-state index is 12.7. The van der Waals surface area contributed by atoms with Gasteiger partial charge in [0.1, 0.15) is 72.2 Å². The van der Waals surface area contributed by atoms with Gasteiger partial charge in [-0.15, -0.1) is 11.6 Å². The number of halogens is 7. The molecule has 116 heavy (non-hydrogen) atoms. The summed E-state index contributed by atoms with van der Waals surface area (Å²) in [6, 6.07) is 39.2. The summed E-state index contributed by atoms with van der Waals surface area (Å²) >= 11 is 14.9. The molecule has 2 amide bonds. The standard InChI is InChI=1S/C22H34N2O3.C17H28BNO3.C12H18F3NO5S.C11H16BrNO.C9H9BrO2.C6H5BrO.C3H5ClO.CH2O3.2Cs.H/c1-16-11-12-20(24(14-16)21(25)27-22(3,4)5)18-9-8-10-19(13-18)26-15-17(2)23(6)7;1-13(19(6)7)12-20-15-10-8-9-14(11-15)18-21-16(2,3)17(4,5)22-18;1-8-5-6-9(21-22(18,19)12(13,14)15)16(7-8)10(17)20-11(2,3)4;1-9(13(2)3)8-14-11-6-4-5-10(12)7-11;1-7(11)6-12-9-4-2-3-8(10)5-9;7-5-2-1-3-6(8)4-5;1-3(5)2-4;2-1-4-3;;;/h8-10,12-13,16-17H,11,14-15H2,1-7H3;8-11,13H,12H2,1-7H3;6,8H,5,7H2,1-4H3;4-7,9H,8H2,1-3H3;2-5H,6H2,1H3;1-4,8H;2H2,1H3;1,3H;;;/q;;;;;;;;2*+1;-1/p-1/t16-,17?;;8-;;;;;;;;/m0.0......../s1. The Labute approximate surface area is 835 Å². The Morgan fingerprint density at radius 3 is 1.34 bits per heavy atom. The zero-order valence-corrected chi connectivity index (χ0v) is 90.6. The molecule has 3 unspecified atom stereocenters. The van der Waals surface area contributed by atoms with Crippen LogP contribution in [0, 0.1) is 11.8 Å². The van der Waals surface area contributed by atoms with Crippen molar-refractivity contribution in [2.24, 2.45) is 11.8 Å². The Morgan fingerprint density at radius 1 is 0.621 bits per heavy atom. The van der Waals surface area contributed by atoms with E-state index in [1.807, 2.05) is 138 Å². The maximum atomic E-state index is 12.7. The monoisotopic (exact) mass is 2100 g/mol. The van der Waals surface area contributed by atoms with E-state index < -0.39 is 38.8 Å². The molecular formula is C81H117BBr3ClCs2F3N5O19S. The Bertz CT molecular complexity index is 3930. The molecule has 5 aromatic rings. The van der Waals surface area contributed by atoms with Crippen molar-refractivity contribution in [3.8, 4) is 28.7 Å². The van der Waals surface area contributed by atoms with Crippen LogP contribution in [0.4, 0.5) is 22.8 Å². The Morgan fingerprint density at radius 2 is 0.983 bits per heavy atom. The van der Waals surface area contributed by atoms with E-state index in [9.17, 15) is 40.8 Å². The SMILES string of the molecule is CC(=O)CCl.CC(=O)COc1cccc(Br)c1.CC(COc1cccc(B2OC(C)(C)C(C)(C)O2)c1)N(C)C.CC(COc1cccc(Br)c1)N(C)C.CC(COc1cccc(C2=CC[C@H](C)CN2C(=O)OC(C)(C)C)c1)N(C)C.C[C@H]1CC=C(OS(=O)(=O)C(F)(F)F)N(C(=O)OC(C)(C)C)C1.O=CO[O-].Oc1cccc(Br)c1.[Cs+].[Cs+].[H-]. The van der Waals surface area contributed by atoms with Gasteiger partial charge in [0.15, 0.2) is 5.78 Å². The largest absolute Gasteiger partial charge is 1.00 e. The molecule has 24 nitrogen and oxygen atoms in total. The number of Topliss-reactive ketones (excluding diaryl/α,β-unsaturated/α-hetero) is 2. The van der Waals surface area contributed by atoms with Gasteiger partial charge in [-0.1, -0.05) is 110 Å². The number of carbonyl (C=O) groups is 5. The third-order valence-corrected chi connectivity index (χ3v) is 19.2. The van der Waals surface area contributed by atoms with E-state index in [1.165, 1.54) is 13.8 Å². The van der Waals surface area contributed by atoms with Crippen LogP contribution >= 0.6 is 59.4 Å². The van der Waals surface area contributed by atoms with E-state index in [-0.39, 0.29) is 213 Å². The minimum Gasteiger partial charge on any atom is -1.00 e. The molecule has 1 saturated heterocycles. The Hall–Kier alpha value is -2.87. The number of hydrogen-bond donors (Lipinski definition) is 1. The quantitative estimate of drug-likeness (QED) is 0.0136. The van der Waals surface area contributed by atoms with Gasteiger partial charge in [-0.2, -0.15) is 21.6 Å². The number of allylic oxidation sites excluding steroid dienone is 2. The molecule has 0 radical (unpaired) electrons. The predicted octanol–water partition coefficient (Wildman–Crippen LogP) is 10.6. The van der Waals surface area contributed by atoms with Crippen molar-refractivity contribution in [3.63, 3.8) is 0 Å². The summed E-state index contributed by atoms with van der Waals surface area (Å²) in [4.78, 5) is 65.2. The first-order chi connectivity index (χ1) is 52.7. The number of amides is 2. The number of phenols is 1. The summed E-state index contributed by atoms with van der Waals surface area (Å²) in [6.07, 6.45) is 3.20. The molecule has 1 N–H and O–H groups in total. The smallest absolute Gasteiger partial charge is 1.00 e. The van der Waals surface area contributed by atoms with E-state index in [0.29, 0.717) is 61.9 Å². The summed E-state index contributed by atoms with van der Waals surface area (Å²) in [6.45, 7) is 34.5. The number of hydrogen-bond acceptors (Lipinski definition) is 22. The number of benzene rings is 5. The van der Waals surface area contributed by atoms with E-state index in [4.69, 9.17) is 64.5 Å². The minimum absolute atomic E-state index is 0. The number of likely N-dealkylation sites (N-methyl/N-ethyl adjacent to an activating group) is 3. The number of phenolic OH excluding ortho intramolecular Hbond substituents is 1. The van der Waals surface area contributed by atoms with Crippen molar-refractivity contribution in [1.29, 1.82) is 0 Å². The second-order valence-corrected chi connectivity index (χ2v) is 35.0. The Kier molecular flexibility index (Phi) is 56.4. The second kappa shape index (κ2) is 56.8. The van der Waals surface area contributed by atoms with Gasteiger partial charge in [-0.3, -0.25) is 19.3 Å². The normalized spacial score (nSPS) is 16.0. The van der Waals surface area contributed by atoms with E-state index in [0.717, 1.165) is 64.8 Å². The number of carbonyl (C=O) groups excluding carboxylic acids is 5. The van der Waals surface area contributed by atoms with E-state index in [2.05, 4.69) is 161 Å². The molecule has 3 heterocycles. The second-order valence-electron chi connectivity index (χ2n) is 30.5. The van der Waals surface area contributed by atoms with Gasteiger partial charge in [0.05, 0.1) is 22.8 Å². The fourth-order valence-corrected chi connectivity index (χ4v) is 10.2. The summed E-state index contributed by atoms with van der Waals surface area (Å²) in [5.41, 5.74) is -4.76. The average Bonchev–Trinajstić information content (AvgIpc) is 1.63. The van der Waals surface area contributed by atoms with E-state index in [1.54, 1.807) is 50.8 Å². The van der Waals surface area contributed by atoms with Crippen molar-refractivity contribution in [1.82, 2.24) is 24.5 Å². The van der Waals surface area contributed by atoms with Gasteiger partial charge in [-0.25, -0.2) is 14.5 Å². The molecule has 640 valence electrons. The van der Waals surface area contributed by atoms with Crippen molar-refractivity contribution >= 4 is 118 Å².